The van der Waals surface area contributed by atoms with Crippen molar-refractivity contribution in [3.05, 3.63) is 34.8 Å². The standard InChI is InChI=1S/C11H11N/c1-2-5-10-9(4-1)8-11(12-10)6-3-7-11/h1-2,4-5,8H,3,6-7H2. The molecule has 1 heterocycles. The third-order valence-corrected chi connectivity index (χ3v) is 2.92. The van der Waals surface area contributed by atoms with E-state index in [1.807, 2.05) is 0 Å². The molecule has 0 saturated heterocycles. The maximum Gasteiger partial charge on any atom is 0.0804 e. The smallest absolute Gasteiger partial charge is 0.0804 e. The Hall–Kier alpha value is -1.11. The predicted octanol–water partition coefficient (Wildman–Crippen LogP) is 1.02. The summed E-state index contributed by atoms with van der Waals surface area (Å²) in [4.78, 5) is 4.73. The summed E-state index contributed by atoms with van der Waals surface area (Å²) in [6.45, 7) is 0. The minimum absolute atomic E-state index is 0.226. The summed E-state index contributed by atoms with van der Waals surface area (Å²) in [6, 6.07) is 8.42. The molecule has 1 aromatic rings. The average Bonchev–Trinajstić information content (AvgIpc) is 2.42. The van der Waals surface area contributed by atoms with Crippen molar-refractivity contribution in [2.24, 2.45) is 4.99 Å². The first-order valence-corrected chi connectivity index (χ1v) is 4.56. The van der Waals surface area contributed by atoms with E-state index in [0.717, 1.165) is 0 Å². The van der Waals surface area contributed by atoms with E-state index in [0.29, 0.717) is 0 Å². The fourth-order valence-corrected chi connectivity index (χ4v) is 2.07. The lowest BCUT2D eigenvalue weighted by molar-refractivity contribution is 0.339. The number of fused-ring (bicyclic) bond motifs is 1. The third kappa shape index (κ3) is 0.711. The van der Waals surface area contributed by atoms with Gasteiger partial charge >= 0.3 is 0 Å². The van der Waals surface area contributed by atoms with Crippen molar-refractivity contribution >= 4 is 6.08 Å². The molecule has 1 nitrogen and oxygen atoms in total. The summed E-state index contributed by atoms with van der Waals surface area (Å²) in [5.41, 5.74) is 0.226. The Morgan fingerprint density at radius 2 is 2.00 bits per heavy atom. The van der Waals surface area contributed by atoms with Gasteiger partial charge in [-0.25, -0.2) is 0 Å². The molecular weight excluding hydrogens is 146 g/mol. The number of rotatable bonds is 0. The number of hydrogen-bond acceptors (Lipinski definition) is 1. The highest BCUT2D eigenvalue weighted by atomic mass is 14.9. The molecule has 60 valence electrons. The Morgan fingerprint density at radius 1 is 1.17 bits per heavy atom. The second-order valence-corrected chi connectivity index (χ2v) is 3.77. The highest BCUT2D eigenvalue weighted by Crippen LogP contribution is 2.37. The lowest BCUT2D eigenvalue weighted by Gasteiger charge is -2.33. The third-order valence-electron chi connectivity index (χ3n) is 2.92. The van der Waals surface area contributed by atoms with Crippen LogP contribution in [0.5, 0.6) is 0 Å². The van der Waals surface area contributed by atoms with Gasteiger partial charge in [0.15, 0.2) is 0 Å². The second-order valence-electron chi connectivity index (χ2n) is 3.77. The molecular formula is C11H11N. The number of hydrogen-bond donors (Lipinski definition) is 0. The van der Waals surface area contributed by atoms with E-state index < -0.39 is 0 Å². The quantitative estimate of drug-likeness (QED) is 0.533. The summed E-state index contributed by atoms with van der Waals surface area (Å²) in [7, 11) is 0. The van der Waals surface area contributed by atoms with Crippen LogP contribution in [0.4, 0.5) is 0 Å². The fourth-order valence-electron chi connectivity index (χ4n) is 2.07. The maximum absolute atomic E-state index is 4.73. The van der Waals surface area contributed by atoms with Crippen molar-refractivity contribution in [1.29, 1.82) is 0 Å². The normalized spacial score (nSPS) is 22.3. The molecule has 12 heavy (non-hydrogen) atoms. The monoisotopic (exact) mass is 157 g/mol. The molecule has 1 aromatic carbocycles. The van der Waals surface area contributed by atoms with Gasteiger partial charge in [0.2, 0.25) is 0 Å². The summed E-state index contributed by atoms with van der Waals surface area (Å²) < 4.78 is 0. The van der Waals surface area contributed by atoms with Crippen LogP contribution in [-0.2, 0) is 0 Å². The van der Waals surface area contributed by atoms with Crippen LogP contribution in [-0.4, -0.2) is 5.54 Å². The second kappa shape index (κ2) is 1.98. The Balaban J connectivity index is 2.28. The fraction of sp³-hybridized carbons (Fsp3) is 0.364. The molecule has 3 rings (SSSR count). The van der Waals surface area contributed by atoms with Gasteiger partial charge in [0.1, 0.15) is 0 Å². The molecule has 0 aromatic heterocycles. The lowest BCUT2D eigenvalue weighted by Crippen LogP contribution is -2.30. The van der Waals surface area contributed by atoms with E-state index >= 15 is 0 Å². The van der Waals surface area contributed by atoms with Crippen LogP contribution in [0.3, 0.4) is 0 Å². The molecule has 2 aliphatic rings. The van der Waals surface area contributed by atoms with Crippen molar-refractivity contribution in [3.63, 3.8) is 0 Å². The average molecular weight is 157 g/mol. The van der Waals surface area contributed by atoms with Gasteiger partial charge in [-0.1, -0.05) is 18.2 Å². The highest BCUT2D eigenvalue weighted by molar-refractivity contribution is 5.43. The minimum atomic E-state index is 0.226. The van der Waals surface area contributed by atoms with Crippen LogP contribution >= 0.6 is 0 Å². The Labute approximate surface area is 71.5 Å². The molecule has 1 aliphatic carbocycles. The van der Waals surface area contributed by atoms with Crippen molar-refractivity contribution in [2.75, 3.05) is 0 Å². The Morgan fingerprint density at radius 3 is 2.67 bits per heavy atom. The summed E-state index contributed by atoms with van der Waals surface area (Å²) in [5.74, 6) is 0. The minimum Gasteiger partial charge on any atom is -0.274 e. The molecule has 1 aliphatic heterocycles. The zero-order valence-corrected chi connectivity index (χ0v) is 6.96. The van der Waals surface area contributed by atoms with E-state index in [1.54, 1.807) is 0 Å². The zero-order valence-electron chi connectivity index (χ0n) is 6.96. The van der Waals surface area contributed by atoms with Gasteiger partial charge in [0.05, 0.1) is 10.9 Å². The first-order chi connectivity index (χ1) is 5.88. The van der Waals surface area contributed by atoms with Crippen molar-refractivity contribution in [3.8, 4) is 0 Å². The number of nitrogens with zero attached hydrogens (tertiary/aromatic N) is 1. The topological polar surface area (TPSA) is 12.4 Å². The summed E-state index contributed by atoms with van der Waals surface area (Å²) >= 11 is 0. The molecule has 0 unspecified atom stereocenters. The molecule has 1 fully saturated rings. The summed E-state index contributed by atoms with van der Waals surface area (Å²) in [5, 5.41) is 2.52. The van der Waals surface area contributed by atoms with Crippen LogP contribution in [0.15, 0.2) is 29.3 Å². The van der Waals surface area contributed by atoms with Gasteiger partial charge in [-0.2, -0.15) is 0 Å². The molecule has 0 N–H and O–H groups in total. The van der Waals surface area contributed by atoms with Crippen LogP contribution in [0.2, 0.25) is 0 Å². The SMILES string of the molecule is C1=c2ccccc2=NC12CCC2. The Kier molecular flexibility index (Phi) is 1.06. The summed E-state index contributed by atoms with van der Waals surface area (Å²) in [6.07, 6.45) is 6.18. The number of para-hydroxylation sites is 1. The van der Waals surface area contributed by atoms with E-state index in [9.17, 15) is 0 Å². The van der Waals surface area contributed by atoms with Crippen molar-refractivity contribution in [2.45, 2.75) is 24.8 Å². The van der Waals surface area contributed by atoms with Gasteiger partial charge in [-0.15, -0.1) is 0 Å². The molecule has 1 heteroatoms. The van der Waals surface area contributed by atoms with Gasteiger partial charge in [-0.3, -0.25) is 4.99 Å². The molecule has 1 spiro atoms. The van der Waals surface area contributed by atoms with Gasteiger partial charge in [0.25, 0.3) is 0 Å². The molecule has 0 radical (unpaired) electrons. The zero-order chi connectivity index (χ0) is 8.02. The van der Waals surface area contributed by atoms with Crippen LogP contribution in [0, 0.1) is 0 Å². The van der Waals surface area contributed by atoms with Crippen molar-refractivity contribution < 1.29 is 0 Å². The first-order valence-electron chi connectivity index (χ1n) is 4.56. The van der Waals surface area contributed by atoms with Crippen LogP contribution in [0.25, 0.3) is 6.08 Å². The molecule has 0 amide bonds. The van der Waals surface area contributed by atoms with Gasteiger partial charge in [-0.05, 0) is 36.6 Å². The van der Waals surface area contributed by atoms with E-state index in [4.69, 9.17) is 4.99 Å². The van der Waals surface area contributed by atoms with E-state index in [1.165, 1.54) is 29.8 Å². The van der Waals surface area contributed by atoms with E-state index in [2.05, 4.69) is 30.3 Å². The lowest BCUT2D eigenvalue weighted by atomic mass is 9.78. The predicted molar refractivity (Wildman–Crippen MR) is 48.3 cm³/mol. The van der Waals surface area contributed by atoms with Crippen LogP contribution in [0.1, 0.15) is 19.3 Å². The molecule has 0 bridgehead atoms. The van der Waals surface area contributed by atoms with Gasteiger partial charge < -0.3 is 0 Å². The van der Waals surface area contributed by atoms with Crippen molar-refractivity contribution in [1.82, 2.24) is 0 Å². The molecule has 0 atom stereocenters. The van der Waals surface area contributed by atoms with E-state index in [-0.39, 0.29) is 5.54 Å². The van der Waals surface area contributed by atoms with Crippen LogP contribution < -0.4 is 10.6 Å². The first kappa shape index (κ1) is 6.41. The Bertz CT molecular complexity index is 390. The highest BCUT2D eigenvalue weighted by Gasteiger charge is 2.35. The number of benzene rings is 1. The van der Waals surface area contributed by atoms with Gasteiger partial charge in [0, 0.05) is 0 Å². The molecule has 1 saturated carbocycles. The largest absolute Gasteiger partial charge is 0.274 e. The maximum atomic E-state index is 4.73.